The fraction of sp³-hybridized carbons (Fsp3) is 0.458. The number of hydrogen-bond donors (Lipinski definition) is 0. The van der Waals surface area contributed by atoms with Gasteiger partial charge in [-0.25, -0.2) is 5.01 Å². The van der Waals surface area contributed by atoms with E-state index >= 15 is 0 Å². The van der Waals surface area contributed by atoms with Gasteiger partial charge in [0.2, 0.25) is 5.72 Å². The monoisotopic (exact) mass is 408 g/mol. The molecule has 6 nitrogen and oxygen atoms in total. The van der Waals surface area contributed by atoms with Gasteiger partial charge in [0.15, 0.2) is 0 Å². The van der Waals surface area contributed by atoms with Crippen molar-refractivity contribution in [3.63, 3.8) is 0 Å². The summed E-state index contributed by atoms with van der Waals surface area (Å²) in [6, 6.07) is 14.3. The Morgan fingerprint density at radius 3 is 2.70 bits per heavy atom. The fourth-order valence-electron chi connectivity index (χ4n) is 5.00. The van der Waals surface area contributed by atoms with E-state index in [9.17, 15) is 0 Å². The molecule has 0 N–H and O–H groups in total. The van der Waals surface area contributed by atoms with E-state index in [0.29, 0.717) is 6.61 Å². The van der Waals surface area contributed by atoms with E-state index in [1.807, 2.05) is 24.3 Å². The number of nitrogens with zero attached hydrogens (tertiary/aromatic N) is 2. The van der Waals surface area contributed by atoms with Gasteiger partial charge < -0.3 is 18.9 Å². The van der Waals surface area contributed by atoms with Crippen LogP contribution in [0.1, 0.15) is 50.3 Å². The van der Waals surface area contributed by atoms with Gasteiger partial charge in [-0.1, -0.05) is 18.2 Å². The minimum atomic E-state index is -0.512. The molecule has 0 unspecified atom stereocenters. The number of hydrogen-bond acceptors (Lipinski definition) is 6. The molecular formula is C24H28N2O4. The molecule has 2 aromatic rings. The zero-order valence-corrected chi connectivity index (χ0v) is 18.0. The van der Waals surface area contributed by atoms with Crippen molar-refractivity contribution in [2.75, 3.05) is 20.8 Å². The Bertz CT molecular complexity index is 1000. The molecule has 3 aliphatic rings. The molecule has 0 aliphatic carbocycles. The van der Waals surface area contributed by atoms with Gasteiger partial charge in [-0.2, -0.15) is 5.10 Å². The van der Waals surface area contributed by atoms with Crippen LogP contribution >= 0.6 is 0 Å². The minimum absolute atomic E-state index is 0.130. The molecule has 3 heterocycles. The van der Waals surface area contributed by atoms with Gasteiger partial charge in [-0.05, 0) is 32.0 Å². The van der Waals surface area contributed by atoms with Crippen LogP contribution in [0, 0.1) is 0 Å². The number of benzene rings is 2. The number of rotatable bonds is 3. The third-order valence-electron chi connectivity index (χ3n) is 6.31. The summed E-state index contributed by atoms with van der Waals surface area (Å²) in [5.41, 5.74) is 2.39. The minimum Gasteiger partial charge on any atom is -0.497 e. The molecule has 0 aromatic heterocycles. The first-order chi connectivity index (χ1) is 14.4. The zero-order valence-electron chi connectivity index (χ0n) is 18.0. The summed E-state index contributed by atoms with van der Waals surface area (Å²) < 4.78 is 23.7. The lowest BCUT2D eigenvalue weighted by Gasteiger charge is -2.52. The highest BCUT2D eigenvalue weighted by molar-refractivity contribution is 6.04. The highest BCUT2D eigenvalue weighted by Crippen LogP contribution is 2.52. The quantitative estimate of drug-likeness (QED) is 0.747. The molecular weight excluding hydrogens is 380 g/mol. The van der Waals surface area contributed by atoms with Crippen LogP contribution in [0.25, 0.3) is 0 Å². The topological polar surface area (TPSA) is 52.5 Å². The van der Waals surface area contributed by atoms with E-state index in [4.69, 9.17) is 24.0 Å². The molecule has 0 saturated carbocycles. The SMILES string of the molecule is COc1ccc(C2=NN3[C@H](C2)c2ccccc2O[C@]32CCOC(C)(C)C2)c(OC)c1. The van der Waals surface area contributed by atoms with Gasteiger partial charge in [-0.3, -0.25) is 0 Å². The van der Waals surface area contributed by atoms with Crippen LogP contribution in [0.5, 0.6) is 17.2 Å². The second kappa shape index (κ2) is 6.91. The molecule has 3 aliphatic heterocycles. The van der Waals surface area contributed by atoms with E-state index in [1.54, 1.807) is 14.2 Å². The highest BCUT2D eigenvalue weighted by Gasteiger charge is 2.54. The van der Waals surface area contributed by atoms with Crippen molar-refractivity contribution in [1.82, 2.24) is 5.01 Å². The molecule has 1 saturated heterocycles. The number of hydrazone groups is 1. The summed E-state index contributed by atoms with van der Waals surface area (Å²) in [6.07, 6.45) is 2.32. The first-order valence-electron chi connectivity index (χ1n) is 10.5. The maximum atomic E-state index is 6.67. The van der Waals surface area contributed by atoms with Crippen molar-refractivity contribution in [3.8, 4) is 17.2 Å². The Hall–Kier alpha value is -2.73. The molecule has 0 amide bonds. The van der Waals surface area contributed by atoms with Gasteiger partial charge >= 0.3 is 0 Å². The Balaban J connectivity index is 1.60. The summed E-state index contributed by atoms with van der Waals surface area (Å²) >= 11 is 0. The van der Waals surface area contributed by atoms with Crippen LogP contribution in [0.15, 0.2) is 47.6 Å². The van der Waals surface area contributed by atoms with Crippen LogP contribution < -0.4 is 14.2 Å². The van der Waals surface area contributed by atoms with Gasteiger partial charge in [-0.15, -0.1) is 0 Å². The van der Waals surface area contributed by atoms with Crippen LogP contribution in [-0.2, 0) is 4.74 Å². The molecule has 1 spiro atoms. The van der Waals surface area contributed by atoms with Gasteiger partial charge in [0.1, 0.15) is 17.2 Å². The maximum absolute atomic E-state index is 6.67. The maximum Gasteiger partial charge on any atom is 0.203 e. The predicted molar refractivity (Wildman–Crippen MR) is 114 cm³/mol. The summed E-state index contributed by atoms with van der Waals surface area (Å²) in [4.78, 5) is 0. The molecule has 2 aromatic carbocycles. The second-order valence-corrected chi connectivity index (χ2v) is 8.80. The lowest BCUT2D eigenvalue weighted by atomic mass is 9.86. The van der Waals surface area contributed by atoms with Gasteiger partial charge in [0, 0.05) is 36.5 Å². The Morgan fingerprint density at radius 1 is 1.10 bits per heavy atom. The Kier molecular flexibility index (Phi) is 4.43. The van der Waals surface area contributed by atoms with E-state index in [-0.39, 0.29) is 11.6 Å². The largest absolute Gasteiger partial charge is 0.497 e. The summed E-state index contributed by atoms with van der Waals surface area (Å²) in [5, 5.41) is 7.33. The lowest BCUT2D eigenvalue weighted by Crippen LogP contribution is -2.60. The van der Waals surface area contributed by atoms with Crippen LogP contribution in [-0.4, -0.2) is 42.9 Å². The highest BCUT2D eigenvalue weighted by atomic mass is 16.5. The van der Waals surface area contributed by atoms with E-state index in [0.717, 1.165) is 47.8 Å². The van der Waals surface area contributed by atoms with Crippen molar-refractivity contribution in [2.45, 2.75) is 50.5 Å². The molecule has 30 heavy (non-hydrogen) atoms. The summed E-state index contributed by atoms with van der Waals surface area (Å²) in [7, 11) is 3.34. The number of para-hydroxylation sites is 1. The van der Waals surface area contributed by atoms with Crippen LogP contribution in [0.4, 0.5) is 0 Å². The van der Waals surface area contributed by atoms with Gasteiger partial charge in [0.05, 0.1) is 38.2 Å². The van der Waals surface area contributed by atoms with Crippen molar-refractivity contribution in [1.29, 1.82) is 0 Å². The summed E-state index contributed by atoms with van der Waals surface area (Å²) in [6.45, 7) is 4.90. The standard InChI is InChI=1S/C24H28N2O4/c1-23(2)15-24(11-12-29-23)26-20(18-7-5-6-8-21(18)30-24)14-19(25-26)17-10-9-16(27-3)13-22(17)28-4/h5-10,13,20H,11-12,14-15H2,1-4H3/t20-,24+/m1/s1. The molecule has 1 fully saturated rings. The molecule has 2 atom stereocenters. The Morgan fingerprint density at radius 2 is 1.93 bits per heavy atom. The third-order valence-corrected chi connectivity index (χ3v) is 6.31. The van der Waals surface area contributed by atoms with Crippen molar-refractivity contribution in [2.24, 2.45) is 5.10 Å². The number of methoxy groups -OCH3 is 2. The van der Waals surface area contributed by atoms with Crippen molar-refractivity contribution >= 4 is 5.71 Å². The smallest absolute Gasteiger partial charge is 0.203 e. The fourth-order valence-corrected chi connectivity index (χ4v) is 5.00. The molecule has 5 rings (SSSR count). The summed E-state index contributed by atoms with van der Waals surface area (Å²) in [5.74, 6) is 2.49. The van der Waals surface area contributed by atoms with Crippen molar-refractivity contribution in [3.05, 3.63) is 53.6 Å². The zero-order chi connectivity index (χ0) is 20.9. The third kappa shape index (κ3) is 3.01. The lowest BCUT2D eigenvalue weighted by molar-refractivity contribution is -0.212. The first kappa shape index (κ1) is 19.2. The van der Waals surface area contributed by atoms with Crippen LogP contribution in [0.3, 0.4) is 0 Å². The van der Waals surface area contributed by atoms with Crippen LogP contribution in [0.2, 0.25) is 0 Å². The Labute approximate surface area is 177 Å². The predicted octanol–water partition coefficient (Wildman–Crippen LogP) is 4.53. The van der Waals surface area contributed by atoms with E-state index in [1.165, 1.54) is 5.56 Å². The average molecular weight is 408 g/mol. The second-order valence-electron chi connectivity index (χ2n) is 8.80. The van der Waals surface area contributed by atoms with E-state index in [2.05, 4.69) is 37.1 Å². The first-order valence-corrected chi connectivity index (χ1v) is 10.5. The van der Waals surface area contributed by atoms with Crippen molar-refractivity contribution < 1.29 is 18.9 Å². The molecule has 158 valence electrons. The van der Waals surface area contributed by atoms with Gasteiger partial charge in [0.25, 0.3) is 0 Å². The average Bonchev–Trinajstić information content (AvgIpc) is 3.19. The molecule has 0 bridgehead atoms. The molecule has 0 radical (unpaired) electrons. The normalized spacial score (nSPS) is 26.5. The molecule has 6 heteroatoms. The number of ether oxygens (including phenoxy) is 4. The van der Waals surface area contributed by atoms with E-state index < -0.39 is 5.72 Å². The number of fused-ring (bicyclic) bond motifs is 4.